The molecule has 134 valence electrons. The van der Waals surface area contributed by atoms with Crippen molar-refractivity contribution in [3.05, 3.63) is 46.1 Å². The Morgan fingerprint density at radius 2 is 1.96 bits per heavy atom. The summed E-state index contributed by atoms with van der Waals surface area (Å²) in [6.45, 7) is 2.80. The van der Waals surface area contributed by atoms with E-state index in [0.717, 1.165) is 38.3 Å². The molecule has 0 bridgehead atoms. The van der Waals surface area contributed by atoms with Gasteiger partial charge in [-0.15, -0.1) is 0 Å². The molecule has 2 heterocycles. The minimum absolute atomic E-state index is 0.413. The number of hydrogen-bond donors (Lipinski definition) is 0. The van der Waals surface area contributed by atoms with Gasteiger partial charge >= 0.3 is 6.01 Å². The van der Waals surface area contributed by atoms with Crippen LogP contribution in [0.5, 0.6) is 6.01 Å². The number of piperidine rings is 1. The van der Waals surface area contributed by atoms with Crippen molar-refractivity contribution in [2.75, 3.05) is 32.1 Å². The van der Waals surface area contributed by atoms with Gasteiger partial charge < -0.3 is 9.64 Å². The molecule has 1 fully saturated rings. The number of halogens is 2. The summed E-state index contributed by atoms with van der Waals surface area (Å²) in [6, 6.07) is 8.72. The van der Waals surface area contributed by atoms with Gasteiger partial charge in [0.25, 0.3) is 0 Å². The zero-order valence-corrected chi connectivity index (χ0v) is 16.0. The van der Waals surface area contributed by atoms with E-state index in [9.17, 15) is 0 Å². The molecule has 0 unspecified atom stereocenters. The fraction of sp³-hybridized carbons (Fsp3) is 0.444. The largest absolute Gasteiger partial charge is 0.467 e. The number of aromatic nitrogens is 2. The van der Waals surface area contributed by atoms with E-state index in [0.29, 0.717) is 22.1 Å². The highest BCUT2D eigenvalue weighted by Gasteiger charge is 2.23. The summed E-state index contributed by atoms with van der Waals surface area (Å²) in [5.41, 5.74) is 1.18. The molecular formula is C18H22Cl2N4O. The monoisotopic (exact) mass is 380 g/mol. The fourth-order valence-corrected chi connectivity index (χ4v) is 3.52. The molecule has 1 aromatic heterocycles. The van der Waals surface area contributed by atoms with Crippen LogP contribution in [-0.2, 0) is 6.54 Å². The van der Waals surface area contributed by atoms with E-state index in [1.807, 2.05) is 24.3 Å². The molecule has 3 rings (SSSR count). The first kappa shape index (κ1) is 18.2. The van der Waals surface area contributed by atoms with E-state index >= 15 is 0 Å². The predicted octanol–water partition coefficient (Wildman–Crippen LogP) is 3.89. The molecule has 1 saturated heterocycles. The quantitative estimate of drug-likeness (QED) is 0.786. The van der Waals surface area contributed by atoms with Crippen molar-refractivity contribution in [3.63, 3.8) is 0 Å². The van der Waals surface area contributed by atoms with Crippen molar-refractivity contribution in [2.24, 2.45) is 0 Å². The highest BCUT2D eigenvalue weighted by atomic mass is 35.5. The molecule has 1 aliphatic heterocycles. The van der Waals surface area contributed by atoms with Crippen molar-refractivity contribution in [3.8, 4) is 6.01 Å². The van der Waals surface area contributed by atoms with E-state index in [1.165, 1.54) is 5.56 Å². The average molecular weight is 381 g/mol. The Bertz CT molecular complexity index is 720. The van der Waals surface area contributed by atoms with Crippen LogP contribution in [0.2, 0.25) is 10.0 Å². The highest BCUT2D eigenvalue weighted by Crippen LogP contribution is 2.25. The van der Waals surface area contributed by atoms with E-state index in [2.05, 4.69) is 26.8 Å². The standard InChI is InChI=1S/C18H22Cl2N4O/c1-23(12-13-3-4-15(19)16(20)11-13)14-6-9-24(10-7-14)17-5-8-21-18(22-17)25-2/h3-5,8,11,14H,6-7,9-10,12H2,1-2H3. The van der Waals surface area contributed by atoms with Gasteiger partial charge in [-0.3, -0.25) is 4.90 Å². The maximum absolute atomic E-state index is 6.12. The molecule has 1 aromatic carbocycles. The summed E-state index contributed by atoms with van der Waals surface area (Å²) < 4.78 is 5.11. The lowest BCUT2D eigenvalue weighted by Gasteiger charge is -2.37. The van der Waals surface area contributed by atoms with Gasteiger partial charge in [-0.2, -0.15) is 4.98 Å². The van der Waals surface area contributed by atoms with Gasteiger partial charge in [-0.25, -0.2) is 4.98 Å². The third kappa shape index (κ3) is 4.54. The Kier molecular flexibility index (Phi) is 5.99. The van der Waals surface area contributed by atoms with Gasteiger partial charge in [-0.05, 0) is 43.7 Å². The normalized spacial score (nSPS) is 15.6. The van der Waals surface area contributed by atoms with Crippen LogP contribution in [0.15, 0.2) is 30.5 Å². The van der Waals surface area contributed by atoms with Crippen LogP contribution in [0.4, 0.5) is 5.82 Å². The van der Waals surface area contributed by atoms with Gasteiger partial charge in [0.05, 0.1) is 17.2 Å². The van der Waals surface area contributed by atoms with Gasteiger partial charge in [0.1, 0.15) is 5.82 Å². The van der Waals surface area contributed by atoms with E-state index in [1.54, 1.807) is 13.3 Å². The maximum atomic E-state index is 6.12. The highest BCUT2D eigenvalue weighted by molar-refractivity contribution is 6.42. The van der Waals surface area contributed by atoms with Crippen LogP contribution in [0.1, 0.15) is 18.4 Å². The number of benzene rings is 1. The van der Waals surface area contributed by atoms with E-state index in [-0.39, 0.29) is 0 Å². The summed E-state index contributed by atoms with van der Waals surface area (Å²) in [7, 11) is 3.75. The molecule has 0 N–H and O–H groups in total. The average Bonchev–Trinajstić information content (AvgIpc) is 2.65. The van der Waals surface area contributed by atoms with Gasteiger partial charge in [0.15, 0.2) is 0 Å². The molecular weight excluding hydrogens is 359 g/mol. The minimum Gasteiger partial charge on any atom is -0.467 e. The lowest BCUT2D eigenvalue weighted by molar-refractivity contribution is 0.200. The first-order chi connectivity index (χ1) is 12.1. The lowest BCUT2D eigenvalue weighted by atomic mass is 10.0. The summed E-state index contributed by atoms with van der Waals surface area (Å²) in [5.74, 6) is 0.928. The fourth-order valence-electron chi connectivity index (χ4n) is 3.20. The third-order valence-electron chi connectivity index (χ3n) is 4.63. The summed E-state index contributed by atoms with van der Waals surface area (Å²) in [5, 5.41) is 1.21. The third-order valence-corrected chi connectivity index (χ3v) is 5.37. The first-order valence-electron chi connectivity index (χ1n) is 8.33. The number of rotatable bonds is 5. The number of hydrogen-bond acceptors (Lipinski definition) is 5. The maximum Gasteiger partial charge on any atom is 0.318 e. The predicted molar refractivity (Wildman–Crippen MR) is 102 cm³/mol. The molecule has 0 spiro atoms. The Morgan fingerprint density at radius 1 is 1.20 bits per heavy atom. The van der Waals surface area contributed by atoms with Crippen molar-refractivity contribution >= 4 is 29.0 Å². The minimum atomic E-state index is 0.413. The van der Waals surface area contributed by atoms with E-state index in [4.69, 9.17) is 27.9 Å². The molecule has 7 heteroatoms. The zero-order chi connectivity index (χ0) is 17.8. The summed E-state index contributed by atoms with van der Waals surface area (Å²) in [4.78, 5) is 13.2. The molecule has 0 atom stereocenters. The van der Waals surface area contributed by atoms with Crippen LogP contribution >= 0.6 is 23.2 Å². The lowest BCUT2D eigenvalue weighted by Crippen LogP contribution is -2.43. The Labute approximate surface area is 158 Å². The second-order valence-corrected chi connectivity index (χ2v) is 7.10. The topological polar surface area (TPSA) is 41.5 Å². The van der Waals surface area contributed by atoms with E-state index < -0.39 is 0 Å². The van der Waals surface area contributed by atoms with Crippen molar-refractivity contribution in [2.45, 2.75) is 25.4 Å². The number of ether oxygens (including phenoxy) is 1. The van der Waals surface area contributed by atoms with Gasteiger partial charge in [0.2, 0.25) is 0 Å². The van der Waals surface area contributed by atoms with Crippen LogP contribution in [0.25, 0.3) is 0 Å². The molecule has 25 heavy (non-hydrogen) atoms. The SMILES string of the molecule is COc1nccc(N2CCC(N(C)Cc3ccc(Cl)c(Cl)c3)CC2)n1. The Morgan fingerprint density at radius 3 is 2.64 bits per heavy atom. The van der Waals surface area contributed by atoms with Crippen LogP contribution in [0, 0.1) is 0 Å². The Balaban J connectivity index is 1.56. The first-order valence-corrected chi connectivity index (χ1v) is 9.08. The smallest absolute Gasteiger partial charge is 0.318 e. The van der Waals surface area contributed by atoms with Crippen LogP contribution in [0.3, 0.4) is 0 Å². The van der Waals surface area contributed by atoms with Crippen molar-refractivity contribution in [1.29, 1.82) is 0 Å². The van der Waals surface area contributed by atoms with Crippen molar-refractivity contribution in [1.82, 2.24) is 14.9 Å². The molecule has 0 saturated carbocycles. The van der Waals surface area contributed by atoms with Crippen LogP contribution < -0.4 is 9.64 Å². The van der Waals surface area contributed by atoms with Crippen molar-refractivity contribution < 1.29 is 4.74 Å². The molecule has 0 amide bonds. The second-order valence-electron chi connectivity index (χ2n) is 6.28. The Hall–Kier alpha value is -1.56. The molecule has 0 aliphatic carbocycles. The van der Waals surface area contributed by atoms with Crippen LogP contribution in [-0.4, -0.2) is 48.2 Å². The second kappa shape index (κ2) is 8.21. The summed E-state index contributed by atoms with van der Waals surface area (Å²) in [6.07, 6.45) is 3.91. The summed E-state index contributed by atoms with van der Waals surface area (Å²) >= 11 is 12.1. The molecule has 2 aromatic rings. The molecule has 1 aliphatic rings. The molecule has 5 nitrogen and oxygen atoms in total. The molecule has 0 radical (unpaired) electrons. The zero-order valence-electron chi connectivity index (χ0n) is 14.5. The van der Waals surface area contributed by atoms with Gasteiger partial charge in [-0.1, -0.05) is 29.3 Å². The number of anilines is 1. The van der Waals surface area contributed by atoms with Gasteiger partial charge in [0, 0.05) is 31.9 Å². The number of methoxy groups -OCH3 is 1. The number of nitrogens with zero attached hydrogens (tertiary/aromatic N) is 4.